The van der Waals surface area contributed by atoms with Crippen LogP contribution in [0.2, 0.25) is 0 Å². The van der Waals surface area contributed by atoms with Crippen molar-refractivity contribution < 1.29 is 9.13 Å². The molecule has 5 heteroatoms. The van der Waals surface area contributed by atoms with E-state index in [4.69, 9.17) is 22.7 Å². The van der Waals surface area contributed by atoms with Gasteiger partial charge in [0, 0.05) is 18.6 Å². The predicted molar refractivity (Wildman–Crippen MR) is 84.8 cm³/mol. The normalized spacial score (nSPS) is 11.4. The highest BCUT2D eigenvalue weighted by Crippen LogP contribution is 2.19. The lowest BCUT2D eigenvalue weighted by Gasteiger charge is -2.30. The Kier molecular flexibility index (Phi) is 6.36. The van der Waals surface area contributed by atoms with Crippen LogP contribution in [0.1, 0.15) is 33.3 Å². The minimum atomic E-state index is -0.369. The first-order chi connectivity index (χ1) is 9.32. The van der Waals surface area contributed by atoms with Crippen LogP contribution in [-0.2, 0) is 0 Å². The molecule has 0 atom stereocenters. The van der Waals surface area contributed by atoms with Crippen molar-refractivity contribution in [3.05, 3.63) is 29.6 Å². The molecule has 0 aromatic heterocycles. The molecule has 20 heavy (non-hydrogen) atoms. The van der Waals surface area contributed by atoms with E-state index in [0.29, 0.717) is 30.0 Å². The van der Waals surface area contributed by atoms with Crippen LogP contribution < -0.4 is 10.5 Å². The van der Waals surface area contributed by atoms with Crippen molar-refractivity contribution in [3.63, 3.8) is 0 Å². The fourth-order valence-corrected chi connectivity index (χ4v) is 2.35. The molecule has 0 aliphatic carbocycles. The molecule has 112 valence electrons. The smallest absolute Gasteiger partial charge is 0.129 e. The highest BCUT2D eigenvalue weighted by Gasteiger charge is 2.14. The third-order valence-corrected chi connectivity index (χ3v) is 3.36. The molecular formula is C15H23FN2OS. The number of benzene rings is 1. The Labute approximate surface area is 125 Å². The second kappa shape index (κ2) is 7.55. The zero-order valence-corrected chi connectivity index (χ0v) is 13.3. The Balaban J connectivity index is 2.68. The molecule has 0 saturated carbocycles. The molecule has 0 heterocycles. The number of rotatable bonds is 7. The monoisotopic (exact) mass is 298 g/mol. The van der Waals surface area contributed by atoms with Crippen LogP contribution in [0.3, 0.4) is 0 Å². The van der Waals surface area contributed by atoms with Gasteiger partial charge in [-0.05, 0) is 45.9 Å². The van der Waals surface area contributed by atoms with Gasteiger partial charge >= 0.3 is 0 Å². The van der Waals surface area contributed by atoms with Gasteiger partial charge in [-0.3, -0.25) is 4.90 Å². The van der Waals surface area contributed by atoms with Crippen molar-refractivity contribution in [2.45, 2.75) is 39.8 Å². The molecule has 1 aromatic carbocycles. The lowest BCUT2D eigenvalue weighted by atomic mass is 10.2. The molecule has 2 N–H and O–H groups in total. The summed E-state index contributed by atoms with van der Waals surface area (Å²) in [5.41, 5.74) is 6.03. The third-order valence-electron chi connectivity index (χ3n) is 3.14. The largest absolute Gasteiger partial charge is 0.492 e. The number of nitrogens with two attached hydrogens (primary N) is 1. The summed E-state index contributed by atoms with van der Waals surface area (Å²) >= 11 is 4.92. The SMILES string of the molecule is CC(C)N(CCOc1ccc(F)cc1C(N)=S)C(C)C. The fraction of sp³-hybridized carbons (Fsp3) is 0.533. The van der Waals surface area contributed by atoms with Crippen molar-refractivity contribution in [1.29, 1.82) is 0 Å². The topological polar surface area (TPSA) is 38.5 Å². The number of hydrogen-bond acceptors (Lipinski definition) is 3. The molecule has 0 saturated heterocycles. The molecule has 0 bridgehead atoms. The molecule has 0 aliphatic heterocycles. The summed E-state index contributed by atoms with van der Waals surface area (Å²) in [7, 11) is 0. The molecule has 0 aliphatic rings. The van der Waals surface area contributed by atoms with Crippen LogP contribution in [0.4, 0.5) is 4.39 Å². The number of ether oxygens (including phenoxy) is 1. The Morgan fingerprint density at radius 1 is 1.30 bits per heavy atom. The Morgan fingerprint density at radius 2 is 1.90 bits per heavy atom. The van der Waals surface area contributed by atoms with E-state index in [9.17, 15) is 4.39 Å². The predicted octanol–water partition coefficient (Wildman–Crippen LogP) is 2.96. The van der Waals surface area contributed by atoms with E-state index in [1.165, 1.54) is 12.1 Å². The van der Waals surface area contributed by atoms with Gasteiger partial charge in [0.1, 0.15) is 23.2 Å². The third kappa shape index (κ3) is 4.72. The van der Waals surface area contributed by atoms with Gasteiger partial charge in [0.2, 0.25) is 0 Å². The lowest BCUT2D eigenvalue weighted by molar-refractivity contribution is 0.142. The maximum Gasteiger partial charge on any atom is 0.129 e. The number of thiocarbonyl (C=S) groups is 1. The highest BCUT2D eigenvalue weighted by atomic mass is 32.1. The Bertz CT molecular complexity index is 455. The first-order valence-electron chi connectivity index (χ1n) is 6.80. The quantitative estimate of drug-likeness (QED) is 0.786. The second-order valence-electron chi connectivity index (χ2n) is 5.28. The van der Waals surface area contributed by atoms with Gasteiger partial charge in [-0.15, -0.1) is 0 Å². The summed E-state index contributed by atoms with van der Waals surface area (Å²) in [4.78, 5) is 2.47. The molecule has 0 unspecified atom stereocenters. The summed E-state index contributed by atoms with van der Waals surface area (Å²) in [6, 6.07) is 5.11. The van der Waals surface area contributed by atoms with Crippen LogP contribution in [0.25, 0.3) is 0 Å². The summed E-state index contributed by atoms with van der Waals surface area (Å²) < 4.78 is 18.9. The summed E-state index contributed by atoms with van der Waals surface area (Å²) in [5.74, 6) is 0.164. The van der Waals surface area contributed by atoms with Gasteiger partial charge < -0.3 is 10.5 Å². The van der Waals surface area contributed by atoms with Crippen molar-refractivity contribution >= 4 is 17.2 Å². The van der Waals surface area contributed by atoms with E-state index < -0.39 is 0 Å². The van der Waals surface area contributed by atoms with E-state index in [-0.39, 0.29) is 10.8 Å². The zero-order valence-electron chi connectivity index (χ0n) is 12.5. The average molecular weight is 298 g/mol. The minimum Gasteiger partial charge on any atom is -0.492 e. The van der Waals surface area contributed by atoms with E-state index >= 15 is 0 Å². The summed E-state index contributed by atoms with van der Waals surface area (Å²) in [6.45, 7) is 9.91. The van der Waals surface area contributed by atoms with Gasteiger partial charge in [-0.2, -0.15) is 0 Å². The van der Waals surface area contributed by atoms with Gasteiger partial charge in [0.15, 0.2) is 0 Å². The molecule has 1 aromatic rings. The van der Waals surface area contributed by atoms with Gasteiger partial charge in [-0.25, -0.2) is 4.39 Å². The molecule has 1 rings (SSSR count). The summed E-state index contributed by atoms with van der Waals surface area (Å²) in [5, 5.41) is 0. The zero-order chi connectivity index (χ0) is 15.3. The van der Waals surface area contributed by atoms with E-state index in [1.54, 1.807) is 6.07 Å². The maximum atomic E-state index is 13.2. The van der Waals surface area contributed by atoms with Crippen LogP contribution >= 0.6 is 12.2 Å². The molecule has 0 amide bonds. The number of halogens is 1. The highest BCUT2D eigenvalue weighted by molar-refractivity contribution is 7.80. The lowest BCUT2D eigenvalue weighted by Crippen LogP contribution is -2.39. The molecule has 0 radical (unpaired) electrons. The number of nitrogens with zero attached hydrogens (tertiary/aromatic N) is 1. The fourth-order valence-electron chi connectivity index (χ4n) is 2.19. The average Bonchev–Trinajstić information content (AvgIpc) is 2.34. The maximum absolute atomic E-state index is 13.2. The van der Waals surface area contributed by atoms with E-state index in [1.807, 2.05) is 0 Å². The van der Waals surface area contributed by atoms with Crippen LogP contribution in [0.15, 0.2) is 18.2 Å². The molecule has 0 fully saturated rings. The first kappa shape index (κ1) is 16.9. The Morgan fingerprint density at radius 3 is 2.40 bits per heavy atom. The second-order valence-corrected chi connectivity index (χ2v) is 5.72. The van der Waals surface area contributed by atoms with Crippen molar-refractivity contribution in [3.8, 4) is 5.75 Å². The van der Waals surface area contributed by atoms with Crippen molar-refractivity contribution in [1.82, 2.24) is 4.90 Å². The molecule has 0 spiro atoms. The van der Waals surface area contributed by atoms with Crippen LogP contribution in [0.5, 0.6) is 5.75 Å². The minimum absolute atomic E-state index is 0.143. The van der Waals surface area contributed by atoms with Gasteiger partial charge in [-0.1, -0.05) is 12.2 Å². The van der Waals surface area contributed by atoms with Crippen LogP contribution in [0, 0.1) is 5.82 Å². The number of hydrogen-bond donors (Lipinski definition) is 1. The van der Waals surface area contributed by atoms with Crippen molar-refractivity contribution in [2.24, 2.45) is 5.73 Å². The molecule has 3 nitrogen and oxygen atoms in total. The van der Waals surface area contributed by atoms with Gasteiger partial charge in [0.25, 0.3) is 0 Å². The Hall–Kier alpha value is -1.20. The van der Waals surface area contributed by atoms with Gasteiger partial charge in [0.05, 0.1) is 5.56 Å². The summed E-state index contributed by atoms with van der Waals surface area (Å²) in [6.07, 6.45) is 0. The standard InChI is InChI=1S/C15H23FN2OS/c1-10(2)18(11(3)4)7-8-19-14-6-5-12(16)9-13(14)15(17)20/h5-6,9-11H,7-8H2,1-4H3,(H2,17,20). The van der Waals surface area contributed by atoms with Crippen LogP contribution in [-0.4, -0.2) is 35.1 Å². The first-order valence-corrected chi connectivity index (χ1v) is 7.21. The molecular weight excluding hydrogens is 275 g/mol. The van der Waals surface area contributed by atoms with E-state index in [2.05, 4.69) is 32.6 Å². The van der Waals surface area contributed by atoms with Crippen molar-refractivity contribution in [2.75, 3.05) is 13.2 Å². The van der Waals surface area contributed by atoms with E-state index in [0.717, 1.165) is 6.54 Å².